The fourth-order valence-electron chi connectivity index (χ4n) is 3.25. The van der Waals surface area contributed by atoms with Crippen LogP contribution in [0, 0.1) is 11.8 Å². The van der Waals surface area contributed by atoms with E-state index in [2.05, 4.69) is 25.9 Å². The lowest BCUT2D eigenvalue weighted by atomic mass is 9.95. The summed E-state index contributed by atoms with van der Waals surface area (Å²) in [6.45, 7) is 6.94. The maximum Gasteiger partial charge on any atom is 0.326 e. The molecule has 1 aromatic rings. The summed E-state index contributed by atoms with van der Waals surface area (Å²) in [5.74, 6) is -5.24. The van der Waals surface area contributed by atoms with Crippen LogP contribution in [-0.4, -0.2) is 74.0 Å². The Bertz CT molecular complexity index is 874. The van der Waals surface area contributed by atoms with E-state index >= 15 is 0 Å². The number of nitrogens with one attached hydrogen (secondary N) is 4. The number of hydrogen-bond donors (Lipinski definition) is 7. The summed E-state index contributed by atoms with van der Waals surface area (Å²) in [7, 11) is 0. The molecule has 1 heterocycles. The van der Waals surface area contributed by atoms with Crippen molar-refractivity contribution >= 4 is 29.7 Å². The number of aromatic amines is 1. The maximum absolute atomic E-state index is 13.1. The number of carboxylic acid groups (broad SMARTS) is 2. The molecule has 1 aromatic heterocycles. The van der Waals surface area contributed by atoms with Gasteiger partial charge in [-0.05, 0) is 18.3 Å². The van der Waals surface area contributed by atoms with Crippen LogP contribution in [0.3, 0.4) is 0 Å². The van der Waals surface area contributed by atoms with E-state index < -0.39 is 60.2 Å². The second kappa shape index (κ2) is 14.0. The molecule has 0 aromatic carbocycles. The van der Waals surface area contributed by atoms with E-state index in [0.717, 1.165) is 0 Å². The number of H-pyrrole nitrogens is 1. The van der Waals surface area contributed by atoms with Gasteiger partial charge in [0.25, 0.3) is 0 Å². The number of hydrogen-bond acceptors (Lipinski definition) is 7. The number of imidazole rings is 1. The third-order valence-electron chi connectivity index (χ3n) is 5.63. The summed E-state index contributed by atoms with van der Waals surface area (Å²) in [5, 5.41) is 25.7. The zero-order chi connectivity index (χ0) is 26.7. The number of amides is 3. The molecule has 0 aliphatic heterocycles. The molecule has 13 heteroatoms. The third-order valence-corrected chi connectivity index (χ3v) is 5.63. The van der Waals surface area contributed by atoms with Crippen molar-refractivity contribution in [3.05, 3.63) is 18.2 Å². The van der Waals surface area contributed by atoms with Gasteiger partial charge < -0.3 is 36.9 Å². The van der Waals surface area contributed by atoms with E-state index in [4.69, 9.17) is 10.8 Å². The molecule has 3 amide bonds. The quantitative estimate of drug-likeness (QED) is 0.164. The summed E-state index contributed by atoms with van der Waals surface area (Å²) in [6, 6.07) is -4.47. The zero-order valence-corrected chi connectivity index (χ0v) is 20.4. The average Bonchev–Trinajstić information content (AvgIpc) is 3.29. The maximum atomic E-state index is 13.1. The lowest BCUT2D eigenvalue weighted by Crippen LogP contribution is -2.59. The van der Waals surface area contributed by atoms with Gasteiger partial charge in [-0.15, -0.1) is 0 Å². The summed E-state index contributed by atoms with van der Waals surface area (Å²) in [6.07, 6.45) is 2.91. The molecule has 0 saturated heterocycles. The number of carbonyl (C=O) groups is 5. The van der Waals surface area contributed by atoms with E-state index in [0.29, 0.717) is 12.1 Å². The van der Waals surface area contributed by atoms with Gasteiger partial charge in [0.15, 0.2) is 0 Å². The van der Waals surface area contributed by atoms with Gasteiger partial charge in [0.05, 0.1) is 12.4 Å². The molecule has 196 valence electrons. The Morgan fingerprint density at radius 2 is 1.60 bits per heavy atom. The van der Waals surface area contributed by atoms with Crippen molar-refractivity contribution < 1.29 is 34.2 Å². The van der Waals surface area contributed by atoms with E-state index in [1.54, 1.807) is 27.7 Å². The van der Waals surface area contributed by atoms with Crippen LogP contribution >= 0.6 is 0 Å². The predicted octanol–water partition coefficient (Wildman–Crippen LogP) is -0.615. The van der Waals surface area contributed by atoms with Gasteiger partial charge in [-0.3, -0.25) is 19.2 Å². The summed E-state index contributed by atoms with van der Waals surface area (Å²) in [4.78, 5) is 67.5. The topological polar surface area (TPSA) is 217 Å². The van der Waals surface area contributed by atoms with Gasteiger partial charge in [-0.1, -0.05) is 34.1 Å². The molecule has 1 rings (SSSR count). The average molecular weight is 497 g/mol. The molecule has 0 aliphatic carbocycles. The molecule has 35 heavy (non-hydrogen) atoms. The number of carbonyl (C=O) groups excluding carboxylic acids is 3. The van der Waals surface area contributed by atoms with Crippen LogP contribution in [0.4, 0.5) is 0 Å². The van der Waals surface area contributed by atoms with Crippen molar-refractivity contribution in [2.24, 2.45) is 17.6 Å². The first-order valence-corrected chi connectivity index (χ1v) is 11.5. The van der Waals surface area contributed by atoms with Gasteiger partial charge in [-0.2, -0.15) is 0 Å². The minimum Gasteiger partial charge on any atom is -0.481 e. The standard InChI is InChI=1S/C22H36N6O7/c1-5-12(4)18(21(33)26-15(22(34)35)6-7-16(29)30)28-20(32)17(11(2)3)27-19(31)14(23)8-13-9-24-10-25-13/h9-12,14-15,17-18H,5-8,23H2,1-4H3,(H,24,25)(H,26,33)(H,27,31)(H,28,32)(H,29,30)(H,34,35). The van der Waals surface area contributed by atoms with Crippen molar-refractivity contribution in [2.75, 3.05) is 0 Å². The highest BCUT2D eigenvalue weighted by Crippen LogP contribution is 2.12. The van der Waals surface area contributed by atoms with Gasteiger partial charge >= 0.3 is 11.9 Å². The smallest absolute Gasteiger partial charge is 0.326 e. The van der Waals surface area contributed by atoms with Gasteiger partial charge in [0.1, 0.15) is 18.1 Å². The predicted molar refractivity (Wildman–Crippen MR) is 125 cm³/mol. The Labute approximate surface area is 203 Å². The SMILES string of the molecule is CCC(C)C(NC(=O)C(NC(=O)C(N)Cc1cnc[nH]1)C(C)C)C(=O)NC(CCC(=O)O)C(=O)O. The van der Waals surface area contributed by atoms with Crippen molar-refractivity contribution in [1.29, 1.82) is 0 Å². The number of nitrogens with two attached hydrogens (primary N) is 1. The molecule has 8 N–H and O–H groups in total. The molecule has 13 nitrogen and oxygen atoms in total. The number of carboxylic acids is 2. The van der Waals surface area contributed by atoms with Crippen LogP contribution in [0.15, 0.2) is 12.5 Å². The number of nitrogens with zero attached hydrogens (tertiary/aromatic N) is 1. The first-order chi connectivity index (χ1) is 16.4. The number of rotatable bonds is 15. The summed E-state index contributed by atoms with van der Waals surface area (Å²) < 4.78 is 0. The second-order valence-corrected chi connectivity index (χ2v) is 8.82. The van der Waals surface area contributed by atoms with Gasteiger partial charge in [0.2, 0.25) is 17.7 Å². The van der Waals surface area contributed by atoms with E-state index in [-0.39, 0.29) is 24.7 Å². The summed E-state index contributed by atoms with van der Waals surface area (Å²) in [5.41, 5.74) is 6.61. The lowest BCUT2D eigenvalue weighted by molar-refractivity contribution is -0.143. The molecule has 0 fully saturated rings. The molecular weight excluding hydrogens is 460 g/mol. The molecule has 5 unspecified atom stereocenters. The molecule has 0 saturated carbocycles. The largest absolute Gasteiger partial charge is 0.481 e. The number of aromatic nitrogens is 2. The lowest BCUT2D eigenvalue weighted by Gasteiger charge is -2.29. The minimum absolute atomic E-state index is 0.184. The van der Waals surface area contributed by atoms with Crippen LogP contribution in [0.2, 0.25) is 0 Å². The van der Waals surface area contributed by atoms with Crippen LogP contribution in [0.25, 0.3) is 0 Å². The fraction of sp³-hybridized carbons (Fsp3) is 0.636. The van der Waals surface area contributed by atoms with Gasteiger partial charge in [0, 0.05) is 24.7 Å². The fourth-order valence-corrected chi connectivity index (χ4v) is 3.25. The highest BCUT2D eigenvalue weighted by atomic mass is 16.4. The Balaban J connectivity index is 2.92. The van der Waals surface area contributed by atoms with Crippen LogP contribution in [-0.2, 0) is 30.4 Å². The van der Waals surface area contributed by atoms with E-state index in [1.165, 1.54) is 12.5 Å². The monoisotopic (exact) mass is 496 g/mol. The highest BCUT2D eigenvalue weighted by molar-refractivity contribution is 5.94. The van der Waals surface area contributed by atoms with Crippen molar-refractivity contribution in [2.45, 2.75) is 77.5 Å². The molecule has 0 radical (unpaired) electrons. The van der Waals surface area contributed by atoms with Crippen LogP contribution in [0.1, 0.15) is 52.7 Å². The van der Waals surface area contributed by atoms with Crippen molar-refractivity contribution in [1.82, 2.24) is 25.9 Å². The molecular formula is C22H36N6O7. The number of aliphatic carboxylic acids is 2. The zero-order valence-electron chi connectivity index (χ0n) is 20.4. The van der Waals surface area contributed by atoms with Crippen LogP contribution in [0.5, 0.6) is 0 Å². The Morgan fingerprint density at radius 3 is 2.09 bits per heavy atom. The molecule has 5 atom stereocenters. The Hall–Kier alpha value is -3.48. The molecule has 0 spiro atoms. The Morgan fingerprint density at radius 1 is 1.00 bits per heavy atom. The third kappa shape index (κ3) is 9.73. The first kappa shape index (κ1) is 29.6. The van der Waals surface area contributed by atoms with Gasteiger partial charge in [-0.25, -0.2) is 9.78 Å². The van der Waals surface area contributed by atoms with Crippen molar-refractivity contribution in [3.8, 4) is 0 Å². The first-order valence-electron chi connectivity index (χ1n) is 11.5. The second-order valence-electron chi connectivity index (χ2n) is 8.82. The molecule has 0 bridgehead atoms. The summed E-state index contributed by atoms with van der Waals surface area (Å²) >= 11 is 0. The van der Waals surface area contributed by atoms with Crippen LogP contribution < -0.4 is 21.7 Å². The normalized spacial score (nSPS) is 15.4. The Kier molecular flexibility index (Phi) is 11.9. The van der Waals surface area contributed by atoms with E-state index in [9.17, 15) is 29.1 Å². The molecule has 0 aliphatic rings. The van der Waals surface area contributed by atoms with E-state index in [1.807, 2.05) is 0 Å². The van der Waals surface area contributed by atoms with Crippen molar-refractivity contribution in [3.63, 3.8) is 0 Å². The minimum atomic E-state index is -1.43. The highest BCUT2D eigenvalue weighted by Gasteiger charge is 2.34.